The van der Waals surface area contributed by atoms with Crippen molar-refractivity contribution in [2.45, 2.75) is 20.0 Å². The van der Waals surface area contributed by atoms with E-state index in [0.29, 0.717) is 12.4 Å². The summed E-state index contributed by atoms with van der Waals surface area (Å²) in [4.78, 5) is 10.8. The minimum atomic E-state index is -0.958. The molecule has 0 radical (unpaired) electrons. The van der Waals surface area contributed by atoms with Crippen LogP contribution in [0.25, 0.3) is 0 Å². The first-order valence-electron chi connectivity index (χ1n) is 3.64. The fourth-order valence-electron chi connectivity index (χ4n) is 0.536. The van der Waals surface area contributed by atoms with Crippen molar-refractivity contribution in [1.29, 1.82) is 0 Å². The average molecular weight is 178 g/mol. The second-order valence-electron chi connectivity index (χ2n) is 1.93. The van der Waals surface area contributed by atoms with E-state index < -0.39 is 12.1 Å². The highest BCUT2D eigenvalue weighted by atomic mass is 32.2. The van der Waals surface area contributed by atoms with E-state index >= 15 is 0 Å². The van der Waals surface area contributed by atoms with Gasteiger partial charge in [0.1, 0.15) is 0 Å². The third kappa shape index (κ3) is 5.09. The number of hydrogen-bond acceptors (Lipinski definition) is 4. The Kier molecular flexibility index (Phi) is 6.36. The van der Waals surface area contributed by atoms with Gasteiger partial charge in [-0.25, -0.2) is 4.79 Å². The maximum Gasteiger partial charge on any atom is 0.335 e. The van der Waals surface area contributed by atoms with Crippen molar-refractivity contribution in [3.8, 4) is 0 Å². The molecule has 0 heterocycles. The maximum atomic E-state index is 10.8. The number of hydrogen-bond donors (Lipinski definition) is 1. The minimum Gasteiger partial charge on any atom is -0.464 e. The molecule has 1 N–H and O–H groups in total. The monoisotopic (exact) mass is 178 g/mol. The number of esters is 1. The molecule has 3 nitrogen and oxygen atoms in total. The molecular weight excluding hydrogens is 164 g/mol. The summed E-state index contributed by atoms with van der Waals surface area (Å²) in [5, 5.41) is 9.08. The number of ether oxygens (including phenoxy) is 1. The Hall–Kier alpha value is -0.220. The lowest BCUT2D eigenvalue weighted by atomic mass is 10.4. The van der Waals surface area contributed by atoms with Crippen molar-refractivity contribution >= 4 is 17.7 Å². The molecule has 0 aromatic carbocycles. The van der Waals surface area contributed by atoms with Crippen molar-refractivity contribution < 1.29 is 14.6 Å². The molecule has 1 atom stereocenters. The molecule has 1 unspecified atom stereocenters. The summed E-state index contributed by atoms with van der Waals surface area (Å²) in [6.45, 7) is 4.02. The second kappa shape index (κ2) is 6.49. The number of carbonyl (C=O) groups is 1. The van der Waals surface area contributed by atoms with Gasteiger partial charge in [-0.3, -0.25) is 0 Å². The highest BCUT2D eigenvalue weighted by Gasteiger charge is 2.14. The van der Waals surface area contributed by atoms with Crippen LogP contribution in [-0.2, 0) is 9.53 Å². The highest BCUT2D eigenvalue weighted by molar-refractivity contribution is 7.99. The van der Waals surface area contributed by atoms with Crippen molar-refractivity contribution in [1.82, 2.24) is 0 Å². The van der Waals surface area contributed by atoms with Crippen LogP contribution >= 0.6 is 11.8 Å². The lowest BCUT2D eigenvalue weighted by Gasteiger charge is -2.07. The first-order valence-corrected chi connectivity index (χ1v) is 4.80. The average Bonchev–Trinajstić information content (AvgIpc) is 2.00. The standard InChI is InChI=1S/C7H14O3S/c1-3-10-7(9)6(8)5-11-4-2/h6,8H,3-5H2,1-2H3. The fourth-order valence-corrected chi connectivity index (χ4v) is 1.13. The molecule has 11 heavy (non-hydrogen) atoms. The molecule has 0 fully saturated rings. The van der Waals surface area contributed by atoms with Crippen molar-refractivity contribution in [3.63, 3.8) is 0 Å². The summed E-state index contributed by atoms with van der Waals surface area (Å²) < 4.78 is 4.60. The van der Waals surface area contributed by atoms with E-state index in [1.165, 1.54) is 11.8 Å². The molecule has 0 saturated carbocycles. The summed E-state index contributed by atoms with van der Waals surface area (Å²) in [6, 6.07) is 0. The summed E-state index contributed by atoms with van der Waals surface area (Å²) >= 11 is 1.52. The number of rotatable bonds is 5. The van der Waals surface area contributed by atoms with Crippen LogP contribution in [0.3, 0.4) is 0 Å². The van der Waals surface area contributed by atoms with E-state index in [-0.39, 0.29) is 0 Å². The van der Waals surface area contributed by atoms with Gasteiger partial charge in [-0.2, -0.15) is 11.8 Å². The van der Waals surface area contributed by atoms with Crippen LogP contribution in [-0.4, -0.2) is 35.3 Å². The minimum absolute atomic E-state index is 0.326. The van der Waals surface area contributed by atoms with Gasteiger partial charge in [0.05, 0.1) is 6.61 Å². The van der Waals surface area contributed by atoms with Gasteiger partial charge in [0, 0.05) is 5.75 Å². The number of aliphatic hydroxyl groups is 1. The van der Waals surface area contributed by atoms with Gasteiger partial charge in [-0.05, 0) is 12.7 Å². The largest absolute Gasteiger partial charge is 0.464 e. The van der Waals surface area contributed by atoms with E-state index in [0.717, 1.165) is 5.75 Å². The highest BCUT2D eigenvalue weighted by Crippen LogP contribution is 2.02. The first kappa shape index (κ1) is 10.8. The number of aliphatic hydroxyl groups excluding tert-OH is 1. The van der Waals surface area contributed by atoms with Crippen LogP contribution in [0.5, 0.6) is 0 Å². The van der Waals surface area contributed by atoms with Crippen LogP contribution in [0.15, 0.2) is 0 Å². The Morgan fingerprint density at radius 2 is 2.27 bits per heavy atom. The summed E-state index contributed by atoms with van der Waals surface area (Å²) in [5.74, 6) is 0.805. The van der Waals surface area contributed by atoms with E-state index in [4.69, 9.17) is 5.11 Å². The molecule has 0 aliphatic carbocycles. The predicted molar refractivity (Wildman–Crippen MR) is 45.6 cm³/mol. The molecule has 0 saturated heterocycles. The van der Waals surface area contributed by atoms with Gasteiger partial charge in [0.25, 0.3) is 0 Å². The number of thioether (sulfide) groups is 1. The number of carbonyl (C=O) groups excluding carboxylic acids is 1. The molecule has 0 aromatic heterocycles. The van der Waals surface area contributed by atoms with E-state index in [1.807, 2.05) is 6.92 Å². The zero-order valence-corrected chi connectivity index (χ0v) is 7.69. The summed E-state index contributed by atoms with van der Waals surface area (Å²) in [5.41, 5.74) is 0. The van der Waals surface area contributed by atoms with Crippen LogP contribution in [0.2, 0.25) is 0 Å². The smallest absolute Gasteiger partial charge is 0.335 e. The van der Waals surface area contributed by atoms with Gasteiger partial charge in [0.15, 0.2) is 6.10 Å². The van der Waals surface area contributed by atoms with E-state index in [2.05, 4.69) is 4.74 Å². The Bertz CT molecular complexity index is 116. The normalized spacial score (nSPS) is 12.6. The molecule has 0 spiro atoms. The first-order chi connectivity index (χ1) is 5.22. The molecule has 4 heteroatoms. The SMILES string of the molecule is CCOC(=O)C(O)CSCC. The van der Waals surface area contributed by atoms with E-state index in [1.54, 1.807) is 6.92 Å². The van der Waals surface area contributed by atoms with Crippen molar-refractivity contribution in [2.75, 3.05) is 18.1 Å². The summed E-state index contributed by atoms with van der Waals surface area (Å²) in [6.07, 6.45) is -0.958. The molecular formula is C7H14O3S. The molecule has 66 valence electrons. The Morgan fingerprint density at radius 1 is 1.64 bits per heavy atom. The molecule has 0 bridgehead atoms. The zero-order chi connectivity index (χ0) is 8.69. The Labute approximate surface area is 71.1 Å². The van der Waals surface area contributed by atoms with Crippen LogP contribution in [0.4, 0.5) is 0 Å². The predicted octanol–water partition coefficient (Wildman–Crippen LogP) is 0.663. The molecule has 0 aromatic rings. The molecule has 0 amide bonds. The van der Waals surface area contributed by atoms with Gasteiger partial charge in [-0.15, -0.1) is 0 Å². The van der Waals surface area contributed by atoms with Crippen LogP contribution < -0.4 is 0 Å². The van der Waals surface area contributed by atoms with Gasteiger partial charge in [0.2, 0.25) is 0 Å². The zero-order valence-electron chi connectivity index (χ0n) is 6.87. The Morgan fingerprint density at radius 3 is 2.73 bits per heavy atom. The lowest BCUT2D eigenvalue weighted by Crippen LogP contribution is -2.25. The fraction of sp³-hybridized carbons (Fsp3) is 0.857. The van der Waals surface area contributed by atoms with E-state index in [9.17, 15) is 4.79 Å². The van der Waals surface area contributed by atoms with Gasteiger partial charge in [-0.1, -0.05) is 6.92 Å². The maximum absolute atomic E-state index is 10.8. The van der Waals surface area contributed by atoms with Gasteiger partial charge < -0.3 is 9.84 Å². The lowest BCUT2D eigenvalue weighted by molar-refractivity contribution is -0.151. The van der Waals surface area contributed by atoms with Crippen molar-refractivity contribution in [2.24, 2.45) is 0 Å². The van der Waals surface area contributed by atoms with Crippen LogP contribution in [0, 0.1) is 0 Å². The third-order valence-electron chi connectivity index (χ3n) is 1.04. The molecule has 0 aliphatic rings. The van der Waals surface area contributed by atoms with Gasteiger partial charge >= 0.3 is 5.97 Å². The molecule has 0 rings (SSSR count). The van der Waals surface area contributed by atoms with Crippen molar-refractivity contribution in [3.05, 3.63) is 0 Å². The quantitative estimate of drug-likeness (QED) is 0.628. The Balaban J connectivity index is 3.46. The second-order valence-corrected chi connectivity index (χ2v) is 3.25. The topological polar surface area (TPSA) is 46.5 Å². The van der Waals surface area contributed by atoms with Crippen LogP contribution in [0.1, 0.15) is 13.8 Å². The third-order valence-corrected chi connectivity index (χ3v) is 2.00. The molecule has 0 aliphatic heterocycles. The summed E-state index contributed by atoms with van der Waals surface area (Å²) in [7, 11) is 0.